The van der Waals surface area contributed by atoms with Gasteiger partial charge < -0.3 is 15.5 Å². The zero-order valence-electron chi connectivity index (χ0n) is 18.7. The quantitative estimate of drug-likeness (QED) is 0.575. The van der Waals surface area contributed by atoms with E-state index >= 15 is 0 Å². The number of hydrogen-bond acceptors (Lipinski definition) is 6. The van der Waals surface area contributed by atoms with Crippen LogP contribution in [0.3, 0.4) is 0 Å². The lowest BCUT2D eigenvalue weighted by Gasteiger charge is -2.42. The number of aromatic nitrogens is 3. The van der Waals surface area contributed by atoms with Gasteiger partial charge in [0.05, 0.1) is 0 Å². The summed E-state index contributed by atoms with van der Waals surface area (Å²) in [6.07, 6.45) is 3.07. The van der Waals surface area contributed by atoms with Crippen molar-refractivity contribution >= 4 is 40.8 Å². The molecule has 3 aromatic rings. The monoisotopic (exact) mass is 485 g/mol. The van der Waals surface area contributed by atoms with Gasteiger partial charge in [-0.15, -0.1) is 5.10 Å². The Balaban J connectivity index is 1.39. The summed E-state index contributed by atoms with van der Waals surface area (Å²) in [5, 5.41) is 8.54. The number of nitrogens with two attached hydrogens (primary N) is 1. The Morgan fingerprint density at radius 2 is 1.79 bits per heavy atom. The summed E-state index contributed by atoms with van der Waals surface area (Å²) in [4.78, 5) is 11.6. The molecule has 0 aliphatic carbocycles. The van der Waals surface area contributed by atoms with Gasteiger partial charge in [0.25, 0.3) is 0 Å². The van der Waals surface area contributed by atoms with Gasteiger partial charge in [0.15, 0.2) is 0 Å². The summed E-state index contributed by atoms with van der Waals surface area (Å²) in [5.41, 5.74) is 9.58. The number of likely N-dealkylation sites (N-methyl/N-ethyl adjacent to an activating group) is 1. The van der Waals surface area contributed by atoms with Crippen LogP contribution in [0.4, 0.5) is 17.6 Å². The first-order chi connectivity index (χ1) is 16.0. The Bertz CT molecular complexity index is 1090. The number of anilines is 3. The third kappa shape index (κ3) is 4.90. The predicted octanol–water partition coefficient (Wildman–Crippen LogP) is 4.23. The van der Waals surface area contributed by atoms with Crippen molar-refractivity contribution in [3.05, 3.63) is 63.6 Å². The summed E-state index contributed by atoms with van der Waals surface area (Å²) < 4.78 is 0. The number of hydrogen-bond donors (Lipinski definition) is 2. The molecule has 2 aromatic carbocycles. The Labute approximate surface area is 204 Å². The van der Waals surface area contributed by atoms with Crippen LogP contribution in [0.2, 0.25) is 10.0 Å². The molecule has 0 saturated carbocycles. The van der Waals surface area contributed by atoms with Crippen molar-refractivity contribution in [3.63, 3.8) is 0 Å². The van der Waals surface area contributed by atoms with Crippen molar-refractivity contribution in [3.8, 4) is 0 Å². The fourth-order valence-electron chi connectivity index (χ4n) is 5.20. The Morgan fingerprint density at radius 1 is 1.06 bits per heavy atom. The maximum Gasteiger partial charge on any atom is 0.246 e. The molecule has 0 amide bonds. The van der Waals surface area contributed by atoms with Crippen molar-refractivity contribution in [1.82, 2.24) is 20.1 Å². The largest absolute Gasteiger partial charge is 0.373 e. The summed E-state index contributed by atoms with van der Waals surface area (Å²) in [6.45, 7) is 3.65. The molecule has 3 N–H and O–H groups in total. The van der Waals surface area contributed by atoms with Crippen LogP contribution in [0.25, 0.3) is 0 Å². The van der Waals surface area contributed by atoms with Crippen molar-refractivity contribution in [2.24, 2.45) is 0 Å². The number of fused-ring (bicyclic) bond motifs is 1. The van der Waals surface area contributed by atoms with Crippen molar-refractivity contribution in [2.75, 3.05) is 42.2 Å². The highest BCUT2D eigenvalue weighted by Gasteiger charge is 2.34. The lowest BCUT2D eigenvalue weighted by Crippen LogP contribution is -2.51. The lowest BCUT2D eigenvalue weighted by molar-refractivity contribution is 0.110. The van der Waals surface area contributed by atoms with E-state index < -0.39 is 0 Å². The first-order valence-electron chi connectivity index (χ1n) is 11.4. The zero-order chi connectivity index (χ0) is 22.9. The van der Waals surface area contributed by atoms with E-state index in [-0.39, 0.29) is 0 Å². The molecule has 7 nitrogen and oxygen atoms in total. The molecule has 174 valence electrons. The molecule has 1 unspecified atom stereocenters. The topological polar surface area (TPSA) is 77.3 Å². The number of nitrogen functional groups attached to an aromatic ring is 1. The van der Waals surface area contributed by atoms with Gasteiger partial charge in [-0.25, -0.2) is 5.10 Å². The highest BCUT2D eigenvalue weighted by atomic mass is 35.5. The Hall–Kier alpha value is -2.48. The molecule has 2 aliphatic heterocycles. The summed E-state index contributed by atoms with van der Waals surface area (Å²) in [7, 11) is 2.18. The average Bonchev–Trinajstić information content (AvgIpc) is 3.19. The smallest absolute Gasteiger partial charge is 0.246 e. The van der Waals surface area contributed by atoms with E-state index in [1.54, 1.807) is 0 Å². The molecular weight excluding hydrogens is 457 g/mol. The first kappa shape index (κ1) is 22.3. The molecule has 0 radical (unpaired) electrons. The van der Waals surface area contributed by atoms with Gasteiger partial charge in [-0.3, -0.25) is 4.90 Å². The first-order valence-corrected chi connectivity index (χ1v) is 12.1. The molecule has 33 heavy (non-hydrogen) atoms. The highest BCUT2D eigenvalue weighted by Crippen LogP contribution is 2.33. The predicted molar refractivity (Wildman–Crippen MR) is 135 cm³/mol. The van der Waals surface area contributed by atoms with Gasteiger partial charge in [0.2, 0.25) is 11.9 Å². The van der Waals surface area contributed by atoms with Gasteiger partial charge >= 0.3 is 0 Å². The molecule has 2 aliphatic rings. The number of nitrogens with zero attached hydrogens (tertiary/aromatic N) is 5. The minimum Gasteiger partial charge on any atom is -0.373 e. The standard InChI is InChI=1S/C24H29Cl2N7/c1-31-15-21(12-16-2-4-18(25)5-3-16)33(14-17-13-19(26)6-7-22(17)31)20-8-10-32(11-9-20)24-28-23(27)29-30-24/h2-7,13,20-21H,8-12,14-15H2,1H3,(H3,27,28,29,30). The second kappa shape index (κ2) is 9.41. The van der Waals surface area contributed by atoms with Crippen LogP contribution in [0.1, 0.15) is 24.0 Å². The molecule has 5 rings (SSSR count). The molecule has 1 aromatic heterocycles. The Kier molecular flexibility index (Phi) is 6.36. The van der Waals surface area contributed by atoms with E-state index in [4.69, 9.17) is 28.9 Å². The van der Waals surface area contributed by atoms with Crippen LogP contribution in [0.15, 0.2) is 42.5 Å². The maximum absolute atomic E-state index is 6.40. The molecule has 1 saturated heterocycles. The van der Waals surface area contributed by atoms with Crippen molar-refractivity contribution in [1.29, 1.82) is 0 Å². The number of rotatable bonds is 4. The lowest BCUT2D eigenvalue weighted by atomic mass is 9.97. The highest BCUT2D eigenvalue weighted by molar-refractivity contribution is 6.31. The fraction of sp³-hybridized carbons (Fsp3) is 0.417. The van der Waals surface area contributed by atoms with E-state index in [0.717, 1.165) is 55.5 Å². The number of benzene rings is 2. The SMILES string of the molecule is CN1CC(Cc2ccc(Cl)cc2)N(C2CCN(c3n[nH]c(N)n3)CC2)Cc2cc(Cl)ccc21. The van der Waals surface area contributed by atoms with Gasteiger partial charge in [-0.2, -0.15) is 4.98 Å². The second-order valence-corrected chi connectivity index (χ2v) is 9.92. The van der Waals surface area contributed by atoms with Crippen LogP contribution in [-0.4, -0.2) is 58.8 Å². The van der Waals surface area contributed by atoms with E-state index in [1.165, 1.54) is 16.8 Å². The molecule has 9 heteroatoms. The van der Waals surface area contributed by atoms with E-state index in [9.17, 15) is 0 Å². The van der Waals surface area contributed by atoms with Crippen LogP contribution >= 0.6 is 23.2 Å². The second-order valence-electron chi connectivity index (χ2n) is 9.05. The van der Waals surface area contributed by atoms with Crippen LogP contribution in [0, 0.1) is 0 Å². The van der Waals surface area contributed by atoms with E-state index in [0.29, 0.717) is 24.0 Å². The van der Waals surface area contributed by atoms with E-state index in [1.807, 2.05) is 18.2 Å². The summed E-state index contributed by atoms with van der Waals surface area (Å²) in [5.74, 6) is 1.05. The summed E-state index contributed by atoms with van der Waals surface area (Å²) in [6, 6.07) is 15.4. The molecule has 0 bridgehead atoms. The molecule has 1 atom stereocenters. The minimum absolute atomic E-state index is 0.360. The summed E-state index contributed by atoms with van der Waals surface area (Å²) >= 11 is 12.5. The normalized spacial score (nSPS) is 20.0. The molecule has 0 spiro atoms. The van der Waals surface area contributed by atoms with Gasteiger partial charge in [-0.1, -0.05) is 35.3 Å². The molecule has 1 fully saturated rings. The minimum atomic E-state index is 0.360. The third-order valence-electron chi connectivity index (χ3n) is 6.85. The number of aromatic amines is 1. The number of halogens is 2. The molecular formula is C24H29Cl2N7. The number of H-pyrrole nitrogens is 1. The van der Waals surface area contributed by atoms with Crippen LogP contribution in [0.5, 0.6) is 0 Å². The maximum atomic E-state index is 6.40. The van der Waals surface area contributed by atoms with Crippen molar-refractivity contribution in [2.45, 2.75) is 37.9 Å². The average molecular weight is 486 g/mol. The zero-order valence-corrected chi connectivity index (χ0v) is 20.2. The van der Waals surface area contributed by atoms with Gasteiger partial charge in [0, 0.05) is 61.0 Å². The van der Waals surface area contributed by atoms with E-state index in [2.05, 4.69) is 61.2 Å². The Morgan fingerprint density at radius 3 is 2.48 bits per heavy atom. The van der Waals surface area contributed by atoms with Crippen molar-refractivity contribution < 1.29 is 0 Å². The van der Waals surface area contributed by atoms with Gasteiger partial charge in [-0.05, 0) is 60.7 Å². The van der Waals surface area contributed by atoms with Gasteiger partial charge in [0.1, 0.15) is 0 Å². The molecule has 3 heterocycles. The number of nitrogens with one attached hydrogen (secondary N) is 1. The third-order valence-corrected chi connectivity index (χ3v) is 7.34. The van der Waals surface area contributed by atoms with Crippen LogP contribution in [-0.2, 0) is 13.0 Å². The van der Waals surface area contributed by atoms with Crippen LogP contribution < -0.4 is 15.5 Å². The fourth-order valence-corrected chi connectivity index (χ4v) is 5.52. The number of piperidine rings is 1.